The van der Waals surface area contributed by atoms with Crippen molar-refractivity contribution in [3.8, 4) is 0 Å². The molecule has 0 bridgehead atoms. The smallest absolute Gasteiger partial charge is 0.258 e. The second kappa shape index (κ2) is 10.9. The zero-order valence-electron chi connectivity index (χ0n) is 19.0. The highest BCUT2D eigenvalue weighted by Gasteiger charge is 2.13. The lowest BCUT2D eigenvalue weighted by Gasteiger charge is -2.17. The lowest BCUT2D eigenvalue weighted by Crippen LogP contribution is -2.26. The Labute approximate surface area is 193 Å². The van der Waals surface area contributed by atoms with Gasteiger partial charge in [0.05, 0.1) is 6.54 Å². The zero-order chi connectivity index (χ0) is 23.8. The van der Waals surface area contributed by atoms with E-state index in [1.165, 1.54) is 0 Å². The van der Waals surface area contributed by atoms with Crippen LogP contribution in [0.4, 0.5) is 22.7 Å². The summed E-state index contributed by atoms with van der Waals surface area (Å²) in [5, 5.41) is 8.72. The highest BCUT2D eigenvalue weighted by Crippen LogP contribution is 2.21. The van der Waals surface area contributed by atoms with Gasteiger partial charge in [0, 0.05) is 41.8 Å². The molecule has 0 saturated carbocycles. The number of aryl methyl sites for hydroxylation is 1. The summed E-state index contributed by atoms with van der Waals surface area (Å²) in [6.07, 6.45) is 0.395. The Hall–Kier alpha value is -4.13. The molecule has 0 aromatic heterocycles. The van der Waals surface area contributed by atoms with E-state index in [2.05, 4.69) is 16.0 Å². The van der Waals surface area contributed by atoms with Crippen LogP contribution in [-0.2, 0) is 9.59 Å². The molecular weight excluding hydrogens is 416 g/mol. The van der Waals surface area contributed by atoms with Crippen molar-refractivity contribution in [3.63, 3.8) is 0 Å². The molecule has 0 spiro atoms. The van der Waals surface area contributed by atoms with Crippen molar-refractivity contribution in [2.45, 2.75) is 20.3 Å². The molecule has 7 nitrogen and oxygen atoms in total. The fraction of sp³-hybridized carbons (Fsp3) is 0.192. The van der Waals surface area contributed by atoms with Crippen molar-refractivity contribution in [2.75, 3.05) is 34.4 Å². The van der Waals surface area contributed by atoms with Crippen molar-refractivity contribution < 1.29 is 14.4 Å². The number of anilines is 4. The minimum Gasteiger partial charge on any atom is -0.376 e. The summed E-state index contributed by atoms with van der Waals surface area (Å²) in [5.41, 5.74) is 4.32. The number of carbonyl (C=O) groups excluding carboxylic acids is 3. The van der Waals surface area contributed by atoms with Gasteiger partial charge in [-0.1, -0.05) is 31.2 Å². The Kier molecular flexibility index (Phi) is 7.81. The van der Waals surface area contributed by atoms with Gasteiger partial charge in [0.1, 0.15) is 0 Å². The van der Waals surface area contributed by atoms with E-state index in [4.69, 9.17) is 0 Å². The standard InChI is InChI=1S/C26H28N4O3/c1-4-24(31)29-23-16-21(13-10-18(23)2)27-17-25(32)28-20-14-11-19(12-15-20)26(33)30(3)22-8-6-5-7-9-22/h5-16,27H,4,17H2,1-3H3,(H,28,32)(H,29,31). The third-order valence-electron chi connectivity index (χ3n) is 5.15. The van der Waals surface area contributed by atoms with Crippen LogP contribution in [0.25, 0.3) is 0 Å². The van der Waals surface area contributed by atoms with Crippen molar-refractivity contribution in [1.29, 1.82) is 0 Å². The van der Waals surface area contributed by atoms with Crippen LogP contribution in [0.1, 0.15) is 29.3 Å². The fourth-order valence-corrected chi connectivity index (χ4v) is 3.15. The number of benzene rings is 3. The minimum absolute atomic E-state index is 0.0572. The van der Waals surface area contributed by atoms with E-state index in [0.717, 1.165) is 16.9 Å². The van der Waals surface area contributed by atoms with E-state index in [-0.39, 0.29) is 24.3 Å². The Morgan fingerprint density at radius 1 is 0.818 bits per heavy atom. The SMILES string of the molecule is CCC(=O)Nc1cc(NCC(=O)Nc2ccc(C(=O)N(C)c3ccccc3)cc2)ccc1C. The van der Waals surface area contributed by atoms with Crippen molar-refractivity contribution in [3.05, 3.63) is 83.9 Å². The molecule has 0 aliphatic rings. The largest absolute Gasteiger partial charge is 0.376 e. The Balaban J connectivity index is 1.55. The summed E-state index contributed by atoms with van der Waals surface area (Å²) < 4.78 is 0. The van der Waals surface area contributed by atoms with Crippen molar-refractivity contribution in [1.82, 2.24) is 0 Å². The third-order valence-corrected chi connectivity index (χ3v) is 5.15. The van der Waals surface area contributed by atoms with Crippen LogP contribution >= 0.6 is 0 Å². The molecular formula is C26H28N4O3. The summed E-state index contributed by atoms with van der Waals surface area (Å²) >= 11 is 0. The van der Waals surface area contributed by atoms with Gasteiger partial charge in [-0.15, -0.1) is 0 Å². The van der Waals surface area contributed by atoms with Crippen LogP contribution in [0.2, 0.25) is 0 Å². The van der Waals surface area contributed by atoms with E-state index < -0.39 is 0 Å². The van der Waals surface area contributed by atoms with Crippen LogP contribution in [0, 0.1) is 6.92 Å². The minimum atomic E-state index is -0.227. The Morgan fingerprint density at radius 3 is 2.15 bits per heavy atom. The van der Waals surface area contributed by atoms with E-state index in [1.54, 1.807) is 49.2 Å². The summed E-state index contributed by atoms with van der Waals surface area (Å²) in [4.78, 5) is 38.3. The van der Waals surface area contributed by atoms with Crippen molar-refractivity contribution in [2.24, 2.45) is 0 Å². The quantitative estimate of drug-likeness (QED) is 0.471. The molecule has 3 rings (SSSR count). The van der Waals surface area contributed by atoms with Gasteiger partial charge in [0.15, 0.2) is 0 Å². The molecule has 0 unspecified atom stereocenters. The topological polar surface area (TPSA) is 90.5 Å². The van der Waals surface area contributed by atoms with Crippen LogP contribution in [0.3, 0.4) is 0 Å². The molecule has 0 saturated heterocycles. The van der Waals surface area contributed by atoms with E-state index >= 15 is 0 Å². The van der Waals surface area contributed by atoms with E-state index in [1.807, 2.05) is 49.4 Å². The summed E-state index contributed by atoms with van der Waals surface area (Å²) in [7, 11) is 1.73. The van der Waals surface area contributed by atoms with Crippen LogP contribution in [0.5, 0.6) is 0 Å². The first kappa shape index (κ1) is 23.5. The van der Waals surface area contributed by atoms with Gasteiger partial charge in [-0.3, -0.25) is 14.4 Å². The number of carbonyl (C=O) groups is 3. The second-order valence-corrected chi connectivity index (χ2v) is 7.61. The fourth-order valence-electron chi connectivity index (χ4n) is 3.15. The van der Waals surface area contributed by atoms with Gasteiger partial charge in [0.25, 0.3) is 5.91 Å². The summed E-state index contributed by atoms with van der Waals surface area (Å²) in [6, 6.07) is 21.7. The predicted molar refractivity (Wildman–Crippen MR) is 133 cm³/mol. The lowest BCUT2D eigenvalue weighted by molar-refractivity contribution is -0.116. The number of amides is 3. The lowest BCUT2D eigenvalue weighted by atomic mass is 10.1. The van der Waals surface area contributed by atoms with E-state index in [0.29, 0.717) is 23.4 Å². The van der Waals surface area contributed by atoms with Crippen LogP contribution in [-0.4, -0.2) is 31.3 Å². The summed E-state index contributed by atoms with van der Waals surface area (Å²) in [6.45, 7) is 3.76. The monoisotopic (exact) mass is 444 g/mol. The maximum absolute atomic E-state index is 12.7. The van der Waals surface area contributed by atoms with Crippen molar-refractivity contribution >= 4 is 40.5 Å². The Bertz CT molecular complexity index is 1130. The van der Waals surface area contributed by atoms with Gasteiger partial charge in [0.2, 0.25) is 11.8 Å². The molecule has 33 heavy (non-hydrogen) atoms. The Morgan fingerprint density at radius 2 is 1.48 bits per heavy atom. The number of rotatable bonds is 8. The molecule has 0 atom stereocenters. The van der Waals surface area contributed by atoms with Gasteiger partial charge < -0.3 is 20.9 Å². The molecule has 3 amide bonds. The molecule has 3 aromatic carbocycles. The maximum Gasteiger partial charge on any atom is 0.258 e. The normalized spacial score (nSPS) is 10.3. The molecule has 0 heterocycles. The average Bonchev–Trinajstić information content (AvgIpc) is 2.84. The first-order chi connectivity index (χ1) is 15.9. The van der Waals surface area contributed by atoms with Gasteiger partial charge >= 0.3 is 0 Å². The van der Waals surface area contributed by atoms with Gasteiger partial charge in [-0.05, 0) is 61.0 Å². The first-order valence-electron chi connectivity index (χ1n) is 10.7. The molecule has 0 radical (unpaired) electrons. The van der Waals surface area contributed by atoms with Crippen LogP contribution in [0.15, 0.2) is 72.8 Å². The molecule has 170 valence electrons. The van der Waals surface area contributed by atoms with Crippen LogP contribution < -0.4 is 20.9 Å². The second-order valence-electron chi connectivity index (χ2n) is 7.61. The highest BCUT2D eigenvalue weighted by atomic mass is 16.2. The molecule has 0 aliphatic carbocycles. The number of nitrogens with zero attached hydrogens (tertiary/aromatic N) is 1. The summed E-state index contributed by atoms with van der Waals surface area (Å²) in [5.74, 6) is -0.425. The predicted octanol–water partition coefficient (Wildman–Crippen LogP) is 4.67. The third kappa shape index (κ3) is 6.43. The average molecular weight is 445 g/mol. The molecule has 7 heteroatoms. The number of para-hydroxylation sites is 1. The molecule has 3 aromatic rings. The first-order valence-corrected chi connectivity index (χ1v) is 10.7. The highest BCUT2D eigenvalue weighted by molar-refractivity contribution is 6.06. The molecule has 0 aliphatic heterocycles. The molecule has 0 fully saturated rings. The van der Waals surface area contributed by atoms with E-state index in [9.17, 15) is 14.4 Å². The maximum atomic E-state index is 12.7. The van der Waals surface area contributed by atoms with Gasteiger partial charge in [-0.25, -0.2) is 0 Å². The number of hydrogen-bond donors (Lipinski definition) is 3. The molecule has 3 N–H and O–H groups in total. The van der Waals surface area contributed by atoms with Gasteiger partial charge in [-0.2, -0.15) is 0 Å². The number of nitrogens with one attached hydrogen (secondary N) is 3. The number of hydrogen-bond acceptors (Lipinski definition) is 4. The zero-order valence-corrected chi connectivity index (χ0v) is 19.0.